The molecule has 1 heterocycles. The number of aromatic nitrogens is 1. The van der Waals surface area contributed by atoms with Gasteiger partial charge in [0, 0.05) is 12.8 Å². The fourth-order valence-corrected chi connectivity index (χ4v) is 3.25. The van der Waals surface area contributed by atoms with Gasteiger partial charge in [-0.2, -0.15) is 0 Å². The Morgan fingerprint density at radius 2 is 1.96 bits per heavy atom. The third kappa shape index (κ3) is 4.93. The number of hydrogen-bond donors (Lipinski definition) is 1. The van der Waals surface area contributed by atoms with Gasteiger partial charge in [0.1, 0.15) is 12.1 Å². The number of benzene rings is 1. The standard InChI is InChI=1S/C17H17FN2O5S/c1-2-25-11-15-8-5-13(9-19-15)17(22)20-26(23,24)16(10-21)12-3-6-14(18)7-4-12/h3-10,16H,2,11H2,1H3,(H,20,22). The highest BCUT2D eigenvalue weighted by Crippen LogP contribution is 2.20. The summed E-state index contributed by atoms with van der Waals surface area (Å²) in [5, 5.41) is -1.64. The van der Waals surface area contributed by atoms with Crippen LogP contribution in [-0.2, 0) is 26.2 Å². The van der Waals surface area contributed by atoms with Crippen LogP contribution in [0.4, 0.5) is 4.39 Å². The van der Waals surface area contributed by atoms with Crippen LogP contribution in [0, 0.1) is 5.82 Å². The Kier molecular flexibility index (Phi) is 6.53. The van der Waals surface area contributed by atoms with Crippen LogP contribution in [0.3, 0.4) is 0 Å². The molecule has 0 radical (unpaired) electrons. The molecule has 0 aliphatic carbocycles. The molecule has 0 saturated carbocycles. The molecule has 0 aliphatic rings. The minimum atomic E-state index is -4.35. The lowest BCUT2D eigenvalue weighted by Crippen LogP contribution is -2.35. The summed E-state index contributed by atoms with van der Waals surface area (Å²) in [6.07, 6.45) is 1.39. The van der Waals surface area contributed by atoms with E-state index in [1.165, 1.54) is 30.5 Å². The number of carbonyl (C=O) groups excluding carboxylic acids is 2. The Morgan fingerprint density at radius 1 is 1.27 bits per heavy atom. The maximum absolute atomic E-state index is 13.0. The Bertz CT molecular complexity index is 867. The van der Waals surface area contributed by atoms with Crippen molar-refractivity contribution < 1.29 is 27.1 Å². The quantitative estimate of drug-likeness (QED) is 0.700. The number of hydrogen-bond acceptors (Lipinski definition) is 6. The molecule has 0 saturated heterocycles. The maximum atomic E-state index is 13.0. The molecule has 0 fully saturated rings. The number of nitrogens with one attached hydrogen (secondary N) is 1. The molecular weight excluding hydrogens is 363 g/mol. The predicted molar refractivity (Wildman–Crippen MR) is 91.2 cm³/mol. The number of aldehydes is 1. The van der Waals surface area contributed by atoms with E-state index in [0.29, 0.717) is 12.3 Å². The molecule has 2 aromatic rings. The summed E-state index contributed by atoms with van der Waals surface area (Å²) >= 11 is 0. The van der Waals surface area contributed by atoms with Crippen molar-refractivity contribution >= 4 is 22.2 Å². The molecule has 7 nitrogen and oxygen atoms in total. The van der Waals surface area contributed by atoms with Crippen molar-refractivity contribution in [1.29, 1.82) is 0 Å². The number of halogens is 1. The number of amides is 1. The molecule has 138 valence electrons. The first-order valence-corrected chi connectivity index (χ1v) is 9.21. The first-order chi connectivity index (χ1) is 12.4. The molecule has 1 N–H and O–H groups in total. The van der Waals surface area contributed by atoms with Crippen LogP contribution >= 0.6 is 0 Å². The van der Waals surface area contributed by atoms with Crippen LogP contribution in [0.25, 0.3) is 0 Å². The summed E-state index contributed by atoms with van der Waals surface area (Å²) in [5.74, 6) is -1.49. The van der Waals surface area contributed by atoms with Gasteiger partial charge in [0.2, 0.25) is 10.0 Å². The first kappa shape index (κ1) is 19.7. The third-order valence-electron chi connectivity index (χ3n) is 3.43. The highest BCUT2D eigenvalue weighted by molar-refractivity contribution is 7.91. The van der Waals surface area contributed by atoms with Crippen LogP contribution in [0.1, 0.15) is 33.8 Å². The minimum Gasteiger partial charge on any atom is -0.375 e. The molecule has 1 amide bonds. The van der Waals surface area contributed by atoms with Gasteiger partial charge >= 0.3 is 0 Å². The molecular formula is C17H17FN2O5S. The van der Waals surface area contributed by atoms with Gasteiger partial charge in [0.15, 0.2) is 5.25 Å². The van der Waals surface area contributed by atoms with E-state index in [2.05, 4.69) is 4.98 Å². The smallest absolute Gasteiger partial charge is 0.266 e. The van der Waals surface area contributed by atoms with E-state index in [-0.39, 0.29) is 24.0 Å². The molecule has 0 bridgehead atoms. The topological polar surface area (TPSA) is 102 Å². The second-order valence-corrected chi connectivity index (χ2v) is 7.06. The average molecular weight is 380 g/mol. The lowest BCUT2D eigenvalue weighted by atomic mass is 10.2. The number of sulfonamides is 1. The average Bonchev–Trinajstić information content (AvgIpc) is 2.62. The zero-order valence-corrected chi connectivity index (χ0v) is 14.7. The van der Waals surface area contributed by atoms with E-state index >= 15 is 0 Å². The van der Waals surface area contributed by atoms with Crippen LogP contribution in [-0.4, -0.2) is 32.2 Å². The fourth-order valence-electron chi connectivity index (χ4n) is 2.09. The van der Waals surface area contributed by atoms with Crippen molar-refractivity contribution in [3.8, 4) is 0 Å². The molecule has 0 spiro atoms. The Hall–Kier alpha value is -2.65. The summed E-state index contributed by atoms with van der Waals surface area (Å²) in [7, 11) is -4.35. The van der Waals surface area contributed by atoms with E-state index in [1.807, 2.05) is 11.6 Å². The van der Waals surface area contributed by atoms with Crippen LogP contribution in [0.15, 0.2) is 42.6 Å². The predicted octanol–water partition coefficient (Wildman–Crippen LogP) is 1.76. The Balaban J connectivity index is 2.15. The molecule has 1 aromatic heterocycles. The molecule has 9 heteroatoms. The van der Waals surface area contributed by atoms with Crippen LogP contribution < -0.4 is 4.72 Å². The zero-order valence-electron chi connectivity index (χ0n) is 13.9. The van der Waals surface area contributed by atoms with E-state index in [1.54, 1.807) is 0 Å². The molecule has 2 rings (SSSR count). The van der Waals surface area contributed by atoms with Crippen molar-refractivity contribution in [3.63, 3.8) is 0 Å². The molecule has 1 unspecified atom stereocenters. The zero-order chi connectivity index (χ0) is 19.2. The van der Waals surface area contributed by atoms with Crippen molar-refractivity contribution in [2.75, 3.05) is 6.61 Å². The summed E-state index contributed by atoms with van der Waals surface area (Å²) < 4.78 is 44.7. The fraction of sp³-hybridized carbons (Fsp3) is 0.235. The monoisotopic (exact) mass is 380 g/mol. The van der Waals surface area contributed by atoms with Gasteiger partial charge in [0.25, 0.3) is 5.91 Å². The highest BCUT2D eigenvalue weighted by Gasteiger charge is 2.29. The van der Waals surface area contributed by atoms with Crippen LogP contribution in [0.5, 0.6) is 0 Å². The number of pyridine rings is 1. The summed E-state index contributed by atoms with van der Waals surface area (Å²) in [5.41, 5.74) is 0.646. The minimum absolute atomic E-state index is 0.0116. The largest absolute Gasteiger partial charge is 0.375 e. The van der Waals surface area contributed by atoms with Gasteiger partial charge < -0.3 is 9.53 Å². The van der Waals surface area contributed by atoms with Gasteiger partial charge in [-0.05, 0) is 36.8 Å². The van der Waals surface area contributed by atoms with Gasteiger partial charge in [-0.15, -0.1) is 0 Å². The van der Waals surface area contributed by atoms with Crippen molar-refractivity contribution in [1.82, 2.24) is 9.71 Å². The van der Waals surface area contributed by atoms with Crippen molar-refractivity contribution in [2.24, 2.45) is 0 Å². The first-order valence-electron chi connectivity index (χ1n) is 7.66. The Morgan fingerprint density at radius 3 is 2.50 bits per heavy atom. The second kappa shape index (κ2) is 8.63. The number of carbonyl (C=O) groups is 2. The number of ether oxygens (including phenoxy) is 1. The van der Waals surface area contributed by atoms with Crippen LogP contribution in [0.2, 0.25) is 0 Å². The summed E-state index contributed by atoms with van der Waals surface area (Å²) in [4.78, 5) is 27.4. The van der Waals surface area contributed by atoms with E-state index < -0.39 is 27.0 Å². The summed E-state index contributed by atoms with van der Waals surface area (Å²) in [6, 6.07) is 7.34. The number of nitrogens with zero attached hydrogens (tertiary/aromatic N) is 1. The normalized spacial score (nSPS) is 12.4. The molecule has 0 aliphatic heterocycles. The molecule has 1 atom stereocenters. The van der Waals surface area contributed by atoms with Gasteiger partial charge in [-0.1, -0.05) is 12.1 Å². The maximum Gasteiger partial charge on any atom is 0.266 e. The summed E-state index contributed by atoms with van der Waals surface area (Å²) in [6.45, 7) is 2.62. The van der Waals surface area contributed by atoms with Gasteiger partial charge in [-0.25, -0.2) is 17.5 Å². The number of rotatable bonds is 8. The highest BCUT2D eigenvalue weighted by atomic mass is 32.2. The molecule has 26 heavy (non-hydrogen) atoms. The second-order valence-electron chi connectivity index (χ2n) is 5.26. The SMILES string of the molecule is CCOCc1ccc(C(=O)NS(=O)(=O)C(C=O)c2ccc(F)cc2)cn1. The molecule has 1 aromatic carbocycles. The third-order valence-corrected chi connectivity index (χ3v) is 4.95. The van der Waals surface area contributed by atoms with E-state index in [0.717, 1.165) is 12.1 Å². The van der Waals surface area contributed by atoms with Crippen molar-refractivity contribution in [2.45, 2.75) is 18.8 Å². The van der Waals surface area contributed by atoms with Gasteiger partial charge in [0.05, 0.1) is 17.9 Å². The lowest BCUT2D eigenvalue weighted by molar-refractivity contribution is -0.107. The van der Waals surface area contributed by atoms with E-state index in [4.69, 9.17) is 4.74 Å². The van der Waals surface area contributed by atoms with Gasteiger partial charge in [-0.3, -0.25) is 9.78 Å². The van der Waals surface area contributed by atoms with E-state index in [9.17, 15) is 22.4 Å². The lowest BCUT2D eigenvalue weighted by Gasteiger charge is -2.13. The Labute approximate surface area is 150 Å². The van der Waals surface area contributed by atoms with Crippen molar-refractivity contribution in [3.05, 3.63) is 65.2 Å².